The summed E-state index contributed by atoms with van der Waals surface area (Å²) in [5.41, 5.74) is 0.460. The van der Waals surface area contributed by atoms with Gasteiger partial charge in [0.1, 0.15) is 5.75 Å². The quantitative estimate of drug-likeness (QED) is 0.807. The van der Waals surface area contributed by atoms with Crippen molar-refractivity contribution >= 4 is 11.8 Å². The van der Waals surface area contributed by atoms with E-state index in [1.807, 2.05) is 6.07 Å². The third-order valence-electron chi connectivity index (χ3n) is 2.22. The van der Waals surface area contributed by atoms with Crippen molar-refractivity contribution in [2.24, 2.45) is 0 Å². The summed E-state index contributed by atoms with van der Waals surface area (Å²) in [5.74, 6) is -0.334. The number of nitriles is 1. The van der Waals surface area contributed by atoms with Crippen molar-refractivity contribution in [1.82, 2.24) is 20.2 Å². The molecule has 6 nitrogen and oxygen atoms in total. The van der Waals surface area contributed by atoms with Crippen LogP contribution in [0.25, 0.3) is 5.69 Å². The number of hydrogen-bond acceptors (Lipinski definition) is 6. The Morgan fingerprint density at radius 1 is 1.33 bits per heavy atom. The molecule has 0 aliphatic heterocycles. The summed E-state index contributed by atoms with van der Waals surface area (Å²) >= 11 is 1.14. The number of hydrogen-bond donors (Lipinski definition) is 0. The molecule has 10 heteroatoms. The number of tetrazole rings is 1. The molecule has 0 fully saturated rings. The minimum Gasteiger partial charge on any atom is -0.406 e. The van der Waals surface area contributed by atoms with Gasteiger partial charge in [-0.2, -0.15) is 9.94 Å². The minimum absolute atomic E-state index is 0.334. The molecule has 21 heavy (non-hydrogen) atoms. The van der Waals surface area contributed by atoms with Gasteiger partial charge in [0.15, 0.2) is 0 Å². The fraction of sp³-hybridized carbons (Fsp3) is 0.273. The van der Waals surface area contributed by atoms with E-state index in [1.165, 1.54) is 16.8 Å². The fourth-order valence-electron chi connectivity index (χ4n) is 1.39. The second kappa shape index (κ2) is 6.01. The van der Waals surface area contributed by atoms with Crippen LogP contribution in [-0.2, 0) is 0 Å². The summed E-state index contributed by atoms with van der Waals surface area (Å²) in [6.45, 7) is 1.68. The van der Waals surface area contributed by atoms with Gasteiger partial charge in [-0.05, 0) is 41.6 Å². The SMILES string of the molecule is C[C@@H](C#N)Sc1nnnn1-c1ccc(OC(F)(F)F)cc1. The van der Waals surface area contributed by atoms with Gasteiger partial charge in [0.25, 0.3) is 0 Å². The smallest absolute Gasteiger partial charge is 0.406 e. The first kappa shape index (κ1) is 15.1. The van der Waals surface area contributed by atoms with Crippen molar-refractivity contribution in [1.29, 1.82) is 5.26 Å². The zero-order chi connectivity index (χ0) is 15.5. The number of benzene rings is 1. The lowest BCUT2D eigenvalue weighted by Gasteiger charge is -2.09. The van der Waals surface area contributed by atoms with Gasteiger partial charge in [-0.3, -0.25) is 0 Å². The van der Waals surface area contributed by atoms with Crippen molar-refractivity contribution in [2.45, 2.75) is 23.7 Å². The maximum atomic E-state index is 12.1. The van der Waals surface area contributed by atoms with Crippen LogP contribution in [0.1, 0.15) is 6.92 Å². The van der Waals surface area contributed by atoms with Gasteiger partial charge in [-0.1, -0.05) is 11.8 Å². The molecule has 0 unspecified atom stereocenters. The van der Waals surface area contributed by atoms with Gasteiger partial charge in [0, 0.05) is 0 Å². The van der Waals surface area contributed by atoms with E-state index in [1.54, 1.807) is 6.92 Å². The van der Waals surface area contributed by atoms with E-state index < -0.39 is 6.36 Å². The Morgan fingerprint density at radius 2 is 2.00 bits per heavy atom. The average molecular weight is 315 g/mol. The predicted octanol–water partition coefficient (Wildman–Crippen LogP) is 2.57. The highest BCUT2D eigenvalue weighted by molar-refractivity contribution is 8.00. The lowest BCUT2D eigenvalue weighted by Crippen LogP contribution is -2.17. The normalized spacial score (nSPS) is 12.7. The van der Waals surface area contributed by atoms with Crippen LogP contribution in [0.4, 0.5) is 13.2 Å². The second-order valence-corrected chi connectivity index (χ2v) is 5.11. The van der Waals surface area contributed by atoms with Gasteiger partial charge in [-0.25, -0.2) is 0 Å². The molecule has 1 aromatic carbocycles. The zero-order valence-electron chi connectivity index (χ0n) is 10.6. The molecule has 2 aromatic rings. The molecule has 0 spiro atoms. The Labute approximate surface area is 121 Å². The van der Waals surface area contributed by atoms with Crippen LogP contribution in [0.5, 0.6) is 5.75 Å². The number of ether oxygens (including phenoxy) is 1. The largest absolute Gasteiger partial charge is 0.573 e. The molecule has 1 atom stereocenters. The van der Waals surface area contributed by atoms with Crippen molar-refractivity contribution in [2.75, 3.05) is 0 Å². The number of alkyl halides is 3. The molecule has 0 saturated heterocycles. The van der Waals surface area contributed by atoms with Gasteiger partial charge >= 0.3 is 6.36 Å². The first-order chi connectivity index (χ1) is 9.89. The Morgan fingerprint density at radius 3 is 2.57 bits per heavy atom. The van der Waals surface area contributed by atoms with Crippen LogP contribution in [0.3, 0.4) is 0 Å². The number of nitrogens with zero attached hydrogens (tertiary/aromatic N) is 5. The molecule has 0 radical (unpaired) electrons. The fourth-order valence-corrected chi connectivity index (χ4v) is 2.08. The number of halogens is 3. The molecule has 1 heterocycles. The Balaban J connectivity index is 2.20. The highest BCUT2D eigenvalue weighted by Gasteiger charge is 2.31. The van der Waals surface area contributed by atoms with Gasteiger partial charge in [0.05, 0.1) is 17.0 Å². The number of thioether (sulfide) groups is 1. The summed E-state index contributed by atoms with van der Waals surface area (Å²) in [5, 5.41) is 19.8. The maximum Gasteiger partial charge on any atom is 0.573 e. The van der Waals surface area contributed by atoms with Crippen molar-refractivity contribution in [3.8, 4) is 17.5 Å². The van der Waals surface area contributed by atoms with E-state index >= 15 is 0 Å². The van der Waals surface area contributed by atoms with E-state index in [2.05, 4.69) is 20.3 Å². The van der Waals surface area contributed by atoms with Gasteiger partial charge < -0.3 is 4.74 Å². The first-order valence-electron chi connectivity index (χ1n) is 5.60. The highest BCUT2D eigenvalue weighted by atomic mass is 32.2. The third-order valence-corrected chi connectivity index (χ3v) is 3.14. The van der Waals surface area contributed by atoms with Gasteiger partial charge in [-0.15, -0.1) is 18.3 Å². The topological polar surface area (TPSA) is 76.6 Å². The molecule has 0 bridgehead atoms. The molecule has 0 aliphatic rings. The van der Waals surface area contributed by atoms with E-state index in [4.69, 9.17) is 5.26 Å². The van der Waals surface area contributed by atoms with E-state index in [0.29, 0.717) is 10.8 Å². The van der Waals surface area contributed by atoms with Crippen LogP contribution >= 0.6 is 11.8 Å². The summed E-state index contributed by atoms with van der Waals surface area (Å²) in [7, 11) is 0. The standard InChI is InChI=1S/C11H8F3N5OS/c1-7(6-15)21-10-16-17-18-19(10)8-2-4-9(5-3-8)20-11(12,13)14/h2-5,7H,1H3/t7-/m0/s1. The Kier molecular flexibility index (Phi) is 4.32. The molecule has 0 N–H and O–H groups in total. The lowest BCUT2D eigenvalue weighted by atomic mass is 10.3. The number of rotatable bonds is 4. The van der Waals surface area contributed by atoms with Crippen molar-refractivity contribution in [3.05, 3.63) is 24.3 Å². The van der Waals surface area contributed by atoms with Crippen LogP contribution < -0.4 is 4.74 Å². The monoisotopic (exact) mass is 315 g/mol. The van der Waals surface area contributed by atoms with Crippen molar-refractivity contribution < 1.29 is 17.9 Å². The van der Waals surface area contributed by atoms with Crippen LogP contribution in [0.15, 0.2) is 29.4 Å². The van der Waals surface area contributed by atoms with E-state index in [9.17, 15) is 13.2 Å². The molecule has 1 aromatic heterocycles. The molecule has 110 valence electrons. The second-order valence-electron chi connectivity index (χ2n) is 3.80. The van der Waals surface area contributed by atoms with Crippen LogP contribution in [0.2, 0.25) is 0 Å². The van der Waals surface area contributed by atoms with Crippen LogP contribution in [-0.4, -0.2) is 31.8 Å². The molecular weight excluding hydrogens is 307 g/mol. The van der Waals surface area contributed by atoms with Crippen molar-refractivity contribution in [3.63, 3.8) is 0 Å². The van der Waals surface area contributed by atoms with Gasteiger partial charge in [0.2, 0.25) is 5.16 Å². The van der Waals surface area contributed by atoms with E-state index in [-0.39, 0.29) is 11.0 Å². The third kappa shape index (κ3) is 4.09. The zero-order valence-corrected chi connectivity index (χ0v) is 11.4. The molecule has 2 rings (SSSR count). The molecule has 0 saturated carbocycles. The highest BCUT2D eigenvalue weighted by Crippen LogP contribution is 2.26. The average Bonchev–Trinajstić information content (AvgIpc) is 2.86. The maximum absolute atomic E-state index is 12.1. The van der Waals surface area contributed by atoms with E-state index in [0.717, 1.165) is 23.9 Å². The Bertz CT molecular complexity index is 649. The summed E-state index contributed by atoms with van der Waals surface area (Å²) in [6, 6.07) is 7.12. The van der Waals surface area contributed by atoms with Crippen LogP contribution in [0, 0.1) is 11.3 Å². The number of aromatic nitrogens is 4. The lowest BCUT2D eigenvalue weighted by molar-refractivity contribution is -0.274. The summed E-state index contributed by atoms with van der Waals surface area (Å²) < 4.78 is 41.3. The minimum atomic E-state index is -4.74. The molecular formula is C11H8F3N5OS. The summed E-state index contributed by atoms with van der Waals surface area (Å²) in [4.78, 5) is 0. The summed E-state index contributed by atoms with van der Waals surface area (Å²) in [6.07, 6.45) is -4.74. The predicted molar refractivity (Wildman–Crippen MR) is 66.8 cm³/mol. The molecule has 0 aliphatic carbocycles. The Hall–Kier alpha value is -2.28. The molecule has 0 amide bonds. The first-order valence-corrected chi connectivity index (χ1v) is 6.48.